The van der Waals surface area contributed by atoms with Gasteiger partial charge in [0.15, 0.2) is 0 Å². The Labute approximate surface area is 82.0 Å². The molecule has 82 valence electrons. The molecule has 0 aromatic carbocycles. The first-order valence-electron chi connectivity index (χ1n) is 4.24. The molecule has 0 radical (unpaired) electrons. The molecule has 0 aromatic heterocycles. The van der Waals surface area contributed by atoms with Crippen molar-refractivity contribution in [2.75, 3.05) is 19.8 Å². The topological polar surface area (TPSA) is 66.8 Å². The first-order valence-corrected chi connectivity index (χ1v) is 4.24. The van der Waals surface area contributed by atoms with E-state index in [1.807, 2.05) is 0 Å². The van der Waals surface area contributed by atoms with Gasteiger partial charge in [0.25, 0.3) is 0 Å². The Balaban J connectivity index is 4.19. The fourth-order valence-electron chi connectivity index (χ4n) is 0.764. The van der Waals surface area contributed by atoms with Crippen LogP contribution in [0, 0.1) is 5.41 Å². The number of hydrogen-bond donors (Lipinski definition) is 2. The Morgan fingerprint density at radius 3 is 2.29 bits per heavy atom. The summed E-state index contributed by atoms with van der Waals surface area (Å²) < 4.78 is 16.7. The highest BCUT2D eigenvalue weighted by Crippen LogP contribution is 2.21. The first kappa shape index (κ1) is 13.1. The third-order valence-electron chi connectivity index (χ3n) is 2.15. The lowest BCUT2D eigenvalue weighted by atomic mass is 9.88. The van der Waals surface area contributed by atoms with Crippen LogP contribution in [0.5, 0.6) is 0 Å². The lowest BCUT2D eigenvalue weighted by molar-refractivity contribution is -0.146. The van der Waals surface area contributed by atoms with Crippen LogP contribution in [-0.2, 0) is 9.53 Å². The average molecular weight is 206 g/mol. The minimum absolute atomic E-state index is 0.224. The maximum atomic E-state index is 12.2. The van der Waals surface area contributed by atoms with Crippen LogP contribution >= 0.6 is 0 Å². The molecule has 0 aliphatic heterocycles. The van der Waals surface area contributed by atoms with Crippen molar-refractivity contribution in [3.05, 3.63) is 12.4 Å². The number of rotatable bonds is 6. The fourth-order valence-corrected chi connectivity index (χ4v) is 0.764. The van der Waals surface area contributed by atoms with E-state index in [4.69, 9.17) is 10.2 Å². The molecule has 0 heterocycles. The van der Waals surface area contributed by atoms with Gasteiger partial charge in [-0.15, -0.1) is 0 Å². The number of halogens is 1. The zero-order chi connectivity index (χ0) is 11.2. The second-order valence-corrected chi connectivity index (χ2v) is 3.15. The number of aliphatic hydroxyl groups is 2. The van der Waals surface area contributed by atoms with Crippen LogP contribution in [0.4, 0.5) is 4.39 Å². The molecule has 0 aliphatic carbocycles. The van der Waals surface area contributed by atoms with Gasteiger partial charge in [-0.25, -0.2) is 4.79 Å². The zero-order valence-corrected chi connectivity index (χ0v) is 8.12. The second-order valence-electron chi connectivity index (χ2n) is 3.15. The van der Waals surface area contributed by atoms with Crippen LogP contribution in [0.2, 0.25) is 0 Å². The van der Waals surface area contributed by atoms with E-state index < -0.39 is 17.2 Å². The summed E-state index contributed by atoms with van der Waals surface area (Å²) in [6, 6.07) is 0. The number of carbonyl (C=O) groups excluding carboxylic acids is 1. The maximum absolute atomic E-state index is 12.2. The zero-order valence-electron chi connectivity index (χ0n) is 8.12. The van der Waals surface area contributed by atoms with Crippen molar-refractivity contribution >= 4 is 5.97 Å². The van der Waals surface area contributed by atoms with Crippen molar-refractivity contribution in [3.63, 3.8) is 0 Å². The van der Waals surface area contributed by atoms with Crippen LogP contribution in [0.15, 0.2) is 12.4 Å². The molecular formula is C9H15FO4. The number of carbonyl (C=O) groups is 1. The predicted octanol–water partition coefficient (Wildman–Crippen LogP) is 0.394. The largest absolute Gasteiger partial charge is 0.460 e. The first-order chi connectivity index (χ1) is 6.51. The minimum Gasteiger partial charge on any atom is -0.460 e. The summed E-state index contributed by atoms with van der Waals surface area (Å²) in [6.45, 7) is 3.62. The lowest BCUT2D eigenvalue weighted by Crippen LogP contribution is -2.35. The highest BCUT2D eigenvalue weighted by molar-refractivity contribution is 5.85. The molecule has 0 amide bonds. The molecule has 0 atom stereocenters. The van der Waals surface area contributed by atoms with E-state index >= 15 is 0 Å². The van der Waals surface area contributed by atoms with E-state index in [2.05, 4.69) is 11.3 Å². The van der Waals surface area contributed by atoms with E-state index in [0.29, 0.717) is 6.42 Å². The SMILES string of the molecule is C=C(F)C(=O)OCC(CC)(CO)CO. The van der Waals surface area contributed by atoms with Crippen molar-refractivity contribution in [1.82, 2.24) is 0 Å². The maximum Gasteiger partial charge on any atom is 0.366 e. The van der Waals surface area contributed by atoms with Gasteiger partial charge < -0.3 is 14.9 Å². The molecule has 0 saturated carbocycles. The van der Waals surface area contributed by atoms with Gasteiger partial charge in [-0.1, -0.05) is 13.5 Å². The van der Waals surface area contributed by atoms with Crippen LogP contribution < -0.4 is 0 Å². The number of aliphatic hydroxyl groups excluding tert-OH is 2. The molecule has 0 spiro atoms. The van der Waals surface area contributed by atoms with E-state index in [0.717, 1.165) is 0 Å². The molecule has 0 rings (SSSR count). The van der Waals surface area contributed by atoms with Crippen molar-refractivity contribution in [2.45, 2.75) is 13.3 Å². The summed E-state index contributed by atoms with van der Waals surface area (Å²) in [4.78, 5) is 10.7. The van der Waals surface area contributed by atoms with Crippen molar-refractivity contribution in [3.8, 4) is 0 Å². The predicted molar refractivity (Wildman–Crippen MR) is 48.1 cm³/mol. The van der Waals surface area contributed by atoms with Gasteiger partial charge in [0.05, 0.1) is 18.6 Å². The van der Waals surface area contributed by atoms with Gasteiger partial charge in [-0.2, -0.15) is 4.39 Å². The minimum atomic E-state index is -1.19. The van der Waals surface area contributed by atoms with Crippen LogP contribution in [0.25, 0.3) is 0 Å². The smallest absolute Gasteiger partial charge is 0.366 e. The van der Waals surface area contributed by atoms with E-state index in [1.54, 1.807) is 6.92 Å². The second kappa shape index (κ2) is 5.72. The Hall–Kier alpha value is -0.940. The molecule has 0 fully saturated rings. The molecule has 14 heavy (non-hydrogen) atoms. The quantitative estimate of drug-likeness (QED) is 0.487. The van der Waals surface area contributed by atoms with Gasteiger partial charge >= 0.3 is 5.97 Å². The fraction of sp³-hybridized carbons (Fsp3) is 0.667. The Kier molecular flexibility index (Phi) is 5.34. The summed E-state index contributed by atoms with van der Waals surface area (Å²) in [5.41, 5.74) is -0.898. The standard InChI is InChI=1S/C9H15FO4/c1-3-9(4-11,5-12)6-14-8(13)7(2)10/h11-12H,2-6H2,1H3. The normalized spacial score (nSPS) is 11.1. The molecule has 0 unspecified atom stereocenters. The Morgan fingerprint density at radius 1 is 1.50 bits per heavy atom. The van der Waals surface area contributed by atoms with Crippen LogP contribution in [0.1, 0.15) is 13.3 Å². The summed E-state index contributed by atoms with van der Waals surface area (Å²) in [5.74, 6) is -2.35. The van der Waals surface area contributed by atoms with Gasteiger partial charge in [0.1, 0.15) is 6.61 Å². The Bertz CT molecular complexity index is 203. The lowest BCUT2D eigenvalue weighted by Gasteiger charge is -2.27. The highest BCUT2D eigenvalue weighted by atomic mass is 19.1. The van der Waals surface area contributed by atoms with Crippen LogP contribution in [0.3, 0.4) is 0 Å². The van der Waals surface area contributed by atoms with E-state index in [9.17, 15) is 9.18 Å². The third kappa shape index (κ3) is 3.43. The van der Waals surface area contributed by atoms with Gasteiger partial charge in [-0.3, -0.25) is 0 Å². The average Bonchev–Trinajstić information content (AvgIpc) is 2.20. The number of hydrogen-bond acceptors (Lipinski definition) is 4. The van der Waals surface area contributed by atoms with Gasteiger partial charge in [0, 0.05) is 0 Å². The van der Waals surface area contributed by atoms with Gasteiger partial charge in [-0.05, 0) is 6.42 Å². The number of esters is 1. The summed E-state index contributed by atoms with van der Waals surface area (Å²) >= 11 is 0. The summed E-state index contributed by atoms with van der Waals surface area (Å²) in [7, 11) is 0. The monoisotopic (exact) mass is 206 g/mol. The highest BCUT2D eigenvalue weighted by Gasteiger charge is 2.29. The molecule has 0 saturated heterocycles. The molecule has 0 aliphatic rings. The van der Waals surface area contributed by atoms with Gasteiger partial charge in [0.2, 0.25) is 5.83 Å². The molecular weight excluding hydrogens is 191 g/mol. The molecule has 2 N–H and O–H groups in total. The van der Waals surface area contributed by atoms with Crippen LogP contribution in [-0.4, -0.2) is 36.0 Å². The van der Waals surface area contributed by atoms with E-state index in [1.165, 1.54) is 0 Å². The molecule has 0 aromatic rings. The van der Waals surface area contributed by atoms with Crippen molar-refractivity contribution in [1.29, 1.82) is 0 Å². The molecule has 5 heteroatoms. The third-order valence-corrected chi connectivity index (χ3v) is 2.15. The summed E-state index contributed by atoms with van der Waals surface area (Å²) in [6.07, 6.45) is 0.423. The summed E-state index contributed by atoms with van der Waals surface area (Å²) in [5, 5.41) is 17.9. The number of ether oxygens (including phenoxy) is 1. The Morgan fingerprint density at radius 2 is 2.00 bits per heavy atom. The molecule has 0 bridgehead atoms. The van der Waals surface area contributed by atoms with E-state index in [-0.39, 0.29) is 19.8 Å². The van der Waals surface area contributed by atoms with Crippen molar-refractivity contribution in [2.24, 2.45) is 5.41 Å². The molecule has 4 nitrogen and oxygen atoms in total. The van der Waals surface area contributed by atoms with Crippen molar-refractivity contribution < 1.29 is 24.1 Å².